The molecule has 1 aromatic rings. The van der Waals surface area contributed by atoms with Crippen LogP contribution in [0.25, 0.3) is 0 Å². The van der Waals surface area contributed by atoms with E-state index >= 15 is 0 Å². The number of anilines is 2. The van der Waals surface area contributed by atoms with Gasteiger partial charge in [-0.05, 0) is 18.8 Å². The Bertz CT molecular complexity index is 495. The predicted octanol–water partition coefficient (Wildman–Crippen LogP) is 1.04. The molecule has 20 heavy (non-hydrogen) atoms. The number of carbonyl (C=O) groups is 1. The lowest BCUT2D eigenvalue weighted by Crippen LogP contribution is -2.36. The molecule has 0 spiro atoms. The van der Waals surface area contributed by atoms with Crippen LogP contribution < -0.4 is 10.6 Å². The molecule has 1 aliphatic heterocycles. The highest BCUT2D eigenvalue weighted by atomic mass is 32.1. The smallest absolute Gasteiger partial charge is 0.267 e. The normalized spacial score (nSPS) is 19.1. The summed E-state index contributed by atoms with van der Waals surface area (Å²) in [7, 11) is 1.84. The second-order valence-corrected chi connectivity index (χ2v) is 6.42. The number of carbonyl (C=O) groups excluding carboxylic acids is 1. The topological polar surface area (TPSA) is 71.7 Å². The molecule has 1 aromatic heterocycles. The molecule has 3 rings (SSSR count). The summed E-state index contributed by atoms with van der Waals surface area (Å²) in [6.45, 7) is 3.83. The molecule has 110 valence electrons. The minimum absolute atomic E-state index is 0.00795. The molecule has 1 saturated carbocycles. The van der Waals surface area contributed by atoms with Gasteiger partial charge in [0.2, 0.25) is 0 Å². The zero-order valence-electron chi connectivity index (χ0n) is 11.7. The van der Waals surface area contributed by atoms with E-state index in [4.69, 9.17) is 10.5 Å². The Labute approximate surface area is 122 Å². The van der Waals surface area contributed by atoms with E-state index in [2.05, 4.69) is 9.88 Å². The maximum Gasteiger partial charge on any atom is 0.267 e. The van der Waals surface area contributed by atoms with Crippen LogP contribution >= 0.6 is 11.3 Å². The summed E-state index contributed by atoms with van der Waals surface area (Å²) >= 11 is 1.39. The fraction of sp³-hybridized carbons (Fsp3) is 0.692. The second-order valence-electron chi connectivity index (χ2n) is 5.44. The number of morpholine rings is 1. The van der Waals surface area contributed by atoms with Crippen LogP contribution in [0.4, 0.5) is 10.9 Å². The Morgan fingerprint density at radius 2 is 2.20 bits per heavy atom. The van der Waals surface area contributed by atoms with Crippen molar-refractivity contribution >= 4 is 28.2 Å². The van der Waals surface area contributed by atoms with Crippen molar-refractivity contribution in [3.63, 3.8) is 0 Å². The van der Waals surface area contributed by atoms with E-state index in [1.54, 1.807) is 4.90 Å². The fourth-order valence-corrected chi connectivity index (χ4v) is 3.34. The molecule has 0 atom stereocenters. The van der Waals surface area contributed by atoms with Gasteiger partial charge in [0.1, 0.15) is 10.7 Å². The van der Waals surface area contributed by atoms with Crippen LogP contribution in [-0.2, 0) is 4.74 Å². The van der Waals surface area contributed by atoms with Gasteiger partial charge in [-0.15, -0.1) is 0 Å². The lowest BCUT2D eigenvalue weighted by atomic mass is 10.3. The van der Waals surface area contributed by atoms with Gasteiger partial charge in [0, 0.05) is 26.7 Å². The van der Waals surface area contributed by atoms with Crippen LogP contribution in [0, 0.1) is 5.92 Å². The molecule has 2 aliphatic rings. The number of hydrogen-bond acceptors (Lipinski definition) is 6. The van der Waals surface area contributed by atoms with E-state index in [0.29, 0.717) is 29.8 Å². The van der Waals surface area contributed by atoms with E-state index in [9.17, 15) is 4.79 Å². The number of nitrogens with zero attached hydrogens (tertiary/aromatic N) is 3. The molecular formula is C13H20N4O2S. The lowest BCUT2D eigenvalue weighted by molar-refractivity contribution is 0.0794. The quantitative estimate of drug-likeness (QED) is 0.899. The summed E-state index contributed by atoms with van der Waals surface area (Å²) in [6, 6.07) is 0. The monoisotopic (exact) mass is 296 g/mol. The predicted molar refractivity (Wildman–Crippen MR) is 79.2 cm³/mol. The van der Waals surface area contributed by atoms with Crippen LogP contribution in [0.1, 0.15) is 22.5 Å². The first-order valence-corrected chi connectivity index (χ1v) is 7.81. The van der Waals surface area contributed by atoms with E-state index in [1.807, 2.05) is 7.05 Å². The number of hydrogen-bond donors (Lipinski definition) is 1. The molecule has 0 radical (unpaired) electrons. The minimum atomic E-state index is -0.00795. The molecule has 1 aliphatic carbocycles. The van der Waals surface area contributed by atoms with Gasteiger partial charge in [-0.1, -0.05) is 11.3 Å². The van der Waals surface area contributed by atoms with Crippen LogP contribution in [0.3, 0.4) is 0 Å². The second kappa shape index (κ2) is 5.57. The van der Waals surface area contributed by atoms with Gasteiger partial charge >= 0.3 is 0 Å². The van der Waals surface area contributed by atoms with Crippen molar-refractivity contribution in [2.24, 2.45) is 5.92 Å². The van der Waals surface area contributed by atoms with Crippen molar-refractivity contribution in [3.05, 3.63) is 4.88 Å². The fourth-order valence-electron chi connectivity index (χ4n) is 2.31. The van der Waals surface area contributed by atoms with Crippen molar-refractivity contribution in [3.8, 4) is 0 Å². The Hall–Kier alpha value is -1.34. The number of aromatic nitrogens is 1. The molecule has 2 fully saturated rings. The molecule has 2 N–H and O–H groups in total. The van der Waals surface area contributed by atoms with Gasteiger partial charge in [-0.3, -0.25) is 4.79 Å². The number of amides is 1. The van der Waals surface area contributed by atoms with Crippen LogP contribution in [0.5, 0.6) is 0 Å². The molecule has 7 heteroatoms. The van der Waals surface area contributed by atoms with Crippen molar-refractivity contribution in [2.45, 2.75) is 12.8 Å². The van der Waals surface area contributed by atoms with Gasteiger partial charge in [0.25, 0.3) is 5.91 Å². The van der Waals surface area contributed by atoms with Crippen LogP contribution in [-0.4, -0.2) is 55.7 Å². The third kappa shape index (κ3) is 2.88. The number of nitrogens with two attached hydrogens (primary N) is 1. The molecule has 2 heterocycles. The maximum atomic E-state index is 12.4. The molecule has 0 aromatic carbocycles. The van der Waals surface area contributed by atoms with E-state index in [1.165, 1.54) is 24.2 Å². The molecule has 0 bridgehead atoms. The zero-order valence-corrected chi connectivity index (χ0v) is 12.5. The first-order valence-electron chi connectivity index (χ1n) is 6.99. The van der Waals surface area contributed by atoms with Crippen molar-refractivity contribution in [1.29, 1.82) is 0 Å². The Morgan fingerprint density at radius 1 is 1.50 bits per heavy atom. The highest BCUT2D eigenvalue weighted by molar-refractivity contribution is 7.18. The van der Waals surface area contributed by atoms with Gasteiger partial charge in [0.05, 0.1) is 13.2 Å². The number of nitrogen functional groups attached to an aromatic ring is 1. The SMILES string of the molecule is CN(CC1CC1)C(=O)c1sc(N2CCOCC2)nc1N. The standard InChI is InChI=1S/C13H20N4O2S/c1-16(8-9-2-3-9)12(18)10-11(14)15-13(20-10)17-4-6-19-7-5-17/h9H,2-8,14H2,1H3. The Balaban J connectivity index is 1.71. The Kier molecular flexibility index (Phi) is 3.80. The van der Waals surface area contributed by atoms with E-state index in [0.717, 1.165) is 24.8 Å². The average molecular weight is 296 g/mol. The first kappa shape index (κ1) is 13.6. The average Bonchev–Trinajstić information content (AvgIpc) is 3.19. The van der Waals surface area contributed by atoms with Gasteiger partial charge < -0.3 is 20.3 Å². The van der Waals surface area contributed by atoms with Gasteiger partial charge in [-0.25, -0.2) is 4.98 Å². The van der Waals surface area contributed by atoms with Crippen molar-refractivity contribution in [2.75, 3.05) is 50.5 Å². The third-order valence-electron chi connectivity index (χ3n) is 3.69. The van der Waals surface area contributed by atoms with Crippen LogP contribution in [0.2, 0.25) is 0 Å². The summed E-state index contributed by atoms with van der Waals surface area (Å²) in [6.07, 6.45) is 2.46. The summed E-state index contributed by atoms with van der Waals surface area (Å²) in [5.74, 6) is 1.02. The zero-order chi connectivity index (χ0) is 14.1. The number of thiazole rings is 1. The summed E-state index contributed by atoms with van der Waals surface area (Å²) in [5, 5.41) is 0.828. The summed E-state index contributed by atoms with van der Waals surface area (Å²) in [5.41, 5.74) is 5.93. The lowest BCUT2D eigenvalue weighted by Gasteiger charge is -2.25. The highest BCUT2D eigenvalue weighted by Crippen LogP contribution is 2.32. The molecule has 6 nitrogen and oxygen atoms in total. The molecule has 1 saturated heterocycles. The third-order valence-corrected chi connectivity index (χ3v) is 4.81. The molecular weight excluding hydrogens is 276 g/mol. The maximum absolute atomic E-state index is 12.4. The summed E-state index contributed by atoms with van der Waals surface area (Å²) < 4.78 is 5.32. The van der Waals surface area contributed by atoms with Crippen molar-refractivity contribution in [1.82, 2.24) is 9.88 Å². The Morgan fingerprint density at radius 3 is 2.85 bits per heavy atom. The number of ether oxygens (including phenoxy) is 1. The van der Waals surface area contributed by atoms with E-state index in [-0.39, 0.29) is 5.91 Å². The highest BCUT2D eigenvalue weighted by Gasteiger charge is 2.28. The summed E-state index contributed by atoms with van der Waals surface area (Å²) in [4.78, 5) is 21.2. The van der Waals surface area contributed by atoms with E-state index < -0.39 is 0 Å². The van der Waals surface area contributed by atoms with Crippen LogP contribution in [0.15, 0.2) is 0 Å². The largest absolute Gasteiger partial charge is 0.382 e. The molecule has 0 unspecified atom stereocenters. The van der Waals surface area contributed by atoms with Gasteiger partial charge in [-0.2, -0.15) is 0 Å². The number of rotatable bonds is 4. The molecule has 1 amide bonds. The first-order chi connectivity index (χ1) is 9.65. The van der Waals surface area contributed by atoms with Gasteiger partial charge in [0.15, 0.2) is 5.13 Å². The van der Waals surface area contributed by atoms with Crippen molar-refractivity contribution < 1.29 is 9.53 Å². The minimum Gasteiger partial charge on any atom is -0.382 e.